The molecule has 49 heavy (non-hydrogen) atoms. The number of aryl methyl sites for hydroxylation is 1. The second kappa shape index (κ2) is 14.1. The number of likely N-dealkylation sites (tertiary alicyclic amines) is 1. The Morgan fingerprint density at radius 1 is 1.04 bits per heavy atom. The summed E-state index contributed by atoms with van der Waals surface area (Å²) in [5.41, 5.74) is 14.1. The van der Waals surface area contributed by atoms with Crippen LogP contribution in [0.25, 0.3) is 17.0 Å². The number of allylic oxidation sites excluding steroid dienone is 1. The summed E-state index contributed by atoms with van der Waals surface area (Å²) < 4.78 is 23.0. The van der Waals surface area contributed by atoms with E-state index in [2.05, 4.69) is 19.9 Å². The molecule has 0 aliphatic carbocycles. The van der Waals surface area contributed by atoms with Crippen LogP contribution in [0.2, 0.25) is 0 Å². The van der Waals surface area contributed by atoms with E-state index < -0.39 is 11.2 Å². The number of rotatable bonds is 9. The second-order valence-electron chi connectivity index (χ2n) is 14.3. The number of imidazole rings is 2. The summed E-state index contributed by atoms with van der Waals surface area (Å²) in [6.07, 6.45) is 8.28. The van der Waals surface area contributed by atoms with Crippen molar-refractivity contribution in [3.8, 4) is 22.8 Å². The first-order valence-corrected chi connectivity index (χ1v) is 16.6. The topological polar surface area (TPSA) is 187 Å². The number of hydrogen-bond donors (Lipinski definition) is 4. The first-order valence-electron chi connectivity index (χ1n) is 16.6. The van der Waals surface area contributed by atoms with Crippen LogP contribution < -0.4 is 20.9 Å². The zero-order chi connectivity index (χ0) is 35.5. The molecule has 0 spiro atoms. The van der Waals surface area contributed by atoms with E-state index in [9.17, 15) is 9.59 Å². The van der Waals surface area contributed by atoms with Gasteiger partial charge in [-0.2, -0.15) is 0 Å². The van der Waals surface area contributed by atoms with E-state index in [4.69, 9.17) is 30.4 Å². The Balaban J connectivity index is 1.17. The molecular formula is C35H48N8O6. The van der Waals surface area contributed by atoms with Crippen LogP contribution in [-0.4, -0.2) is 73.3 Å². The highest BCUT2D eigenvalue weighted by Crippen LogP contribution is 2.39. The average molecular weight is 677 g/mol. The third-order valence-corrected chi connectivity index (χ3v) is 7.82. The SMILES string of the molecule is CN(CCCCc1ncc(/C(N)=C/C2=C(N)Oc3cc(-c4cnc(C5CCCN5C(=O)OC(C)(C)C)[nH]4)ccc3O2)[nH]1)C(=O)OC(C)(C)C. The van der Waals surface area contributed by atoms with Gasteiger partial charge in [0, 0.05) is 38.2 Å². The van der Waals surface area contributed by atoms with Crippen LogP contribution in [0, 0.1) is 0 Å². The molecule has 3 aromatic rings. The number of H-pyrrole nitrogens is 2. The number of nitrogens with one attached hydrogen (secondary N) is 2. The van der Waals surface area contributed by atoms with Crippen molar-refractivity contribution in [2.75, 3.05) is 20.1 Å². The van der Waals surface area contributed by atoms with Crippen LogP contribution in [0.3, 0.4) is 0 Å². The van der Waals surface area contributed by atoms with Crippen molar-refractivity contribution in [2.24, 2.45) is 11.5 Å². The van der Waals surface area contributed by atoms with Gasteiger partial charge in [-0.3, -0.25) is 4.90 Å². The summed E-state index contributed by atoms with van der Waals surface area (Å²) in [7, 11) is 1.73. The minimum Gasteiger partial charge on any atom is -0.448 e. The van der Waals surface area contributed by atoms with Crippen molar-refractivity contribution in [1.82, 2.24) is 29.7 Å². The van der Waals surface area contributed by atoms with E-state index in [1.54, 1.807) is 41.4 Å². The maximum absolute atomic E-state index is 12.8. The highest BCUT2D eigenvalue weighted by atomic mass is 16.6. The smallest absolute Gasteiger partial charge is 0.410 e. The fraction of sp³-hybridized carbons (Fsp3) is 0.486. The highest BCUT2D eigenvalue weighted by molar-refractivity contribution is 5.70. The van der Waals surface area contributed by atoms with E-state index in [1.165, 1.54) is 0 Å². The monoisotopic (exact) mass is 676 g/mol. The Labute approximate surface area is 286 Å². The number of carbonyl (C=O) groups excluding carboxylic acids is 2. The molecule has 1 fully saturated rings. The molecule has 6 N–H and O–H groups in total. The Morgan fingerprint density at radius 2 is 1.80 bits per heavy atom. The van der Waals surface area contributed by atoms with Crippen molar-refractivity contribution in [1.29, 1.82) is 0 Å². The van der Waals surface area contributed by atoms with Gasteiger partial charge in [0.2, 0.25) is 5.88 Å². The maximum Gasteiger partial charge on any atom is 0.410 e. The lowest BCUT2D eigenvalue weighted by Crippen LogP contribution is -2.36. The van der Waals surface area contributed by atoms with Gasteiger partial charge < -0.3 is 45.3 Å². The van der Waals surface area contributed by atoms with Gasteiger partial charge in [-0.1, -0.05) is 0 Å². The van der Waals surface area contributed by atoms with Gasteiger partial charge >= 0.3 is 12.2 Å². The van der Waals surface area contributed by atoms with Gasteiger partial charge in [-0.05, 0) is 85.4 Å². The number of benzene rings is 1. The Bertz CT molecular complexity index is 1730. The van der Waals surface area contributed by atoms with Crippen LogP contribution in [0.1, 0.15) is 90.6 Å². The van der Waals surface area contributed by atoms with Gasteiger partial charge in [0.1, 0.15) is 22.9 Å². The summed E-state index contributed by atoms with van der Waals surface area (Å²) in [5, 5.41) is 0. The lowest BCUT2D eigenvalue weighted by molar-refractivity contribution is 0.0217. The Kier molecular flexibility index (Phi) is 10.2. The lowest BCUT2D eigenvalue weighted by Gasteiger charge is -2.27. The van der Waals surface area contributed by atoms with E-state index in [-0.39, 0.29) is 29.9 Å². The molecule has 2 aliphatic heterocycles. The van der Waals surface area contributed by atoms with Gasteiger partial charge in [-0.15, -0.1) is 0 Å². The fourth-order valence-corrected chi connectivity index (χ4v) is 5.45. The maximum atomic E-state index is 12.8. The molecule has 4 heterocycles. The number of ether oxygens (including phenoxy) is 4. The van der Waals surface area contributed by atoms with E-state index in [0.29, 0.717) is 48.2 Å². The number of aromatic nitrogens is 4. The molecule has 1 saturated heterocycles. The molecule has 264 valence electrons. The largest absolute Gasteiger partial charge is 0.448 e. The fourth-order valence-electron chi connectivity index (χ4n) is 5.45. The zero-order valence-electron chi connectivity index (χ0n) is 29.4. The molecular weight excluding hydrogens is 628 g/mol. The van der Waals surface area contributed by atoms with Gasteiger partial charge in [0.25, 0.3) is 0 Å². The van der Waals surface area contributed by atoms with Crippen LogP contribution in [0.15, 0.2) is 48.3 Å². The summed E-state index contributed by atoms with van der Waals surface area (Å²) in [6.45, 7) is 12.3. The van der Waals surface area contributed by atoms with E-state index in [1.807, 2.05) is 53.7 Å². The summed E-state index contributed by atoms with van der Waals surface area (Å²) in [5.74, 6) is 2.73. The molecule has 2 amide bonds. The molecule has 14 heteroatoms. The number of amides is 2. The molecule has 0 saturated carbocycles. The molecule has 1 unspecified atom stereocenters. The molecule has 1 aromatic carbocycles. The summed E-state index contributed by atoms with van der Waals surface area (Å²) in [4.78, 5) is 43.9. The first kappa shape index (κ1) is 35.2. The second-order valence-corrected chi connectivity index (χ2v) is 14.3. The quantitative estimate of drug-likeness (QED) is 0.197. The normalized spacial score (nSPS) is 16.6. The minimum atomic E-state index is -0.574. The molecule has 5 rings (SSSR count). The van der Waals surface area contributed by atoms with Gasteiger partial charge in [0.15, 0.2) is 17.3 Å². The lowest BCUT2D eigenvalue weighted by atomic mass is 10.1. The predicted octanol–water partition coefficient (Wildman–Crippen LogP) is 5.96. The number of nitrogens with two attached hydrogens (primary N) is 2. The van der Waals surface area contributed by atoms with Crippen molar-refractivity contribution >= 4 is 17.9 Å². The average Bonchev–Trinajstić information content (AvgIpc) is 3.78. The van der Waals surface area contributed by atoms with Gasteiger partial charge in [0.05, 0.1) is 35.5 Å². The predicted molar refractivity (Wildman–Crippen MR) is 184 cm³/mol. The first-order chi connectivity index (χ1) is 23.1. The molecule has 2 aromatic heterocycles. The highest BCUT2D eigenvalue weighted by Gasteiger charge is 2.35. The number of hydrogen-bond acceptors (Lipinski definition) is 10. The summed E-state index contributed by atoms with van der Waals surface area (Å²) >= 11 is 0. The molecule has 1 atom stereocenters. The van der Waals surface area contributed by atoms with E-state index in [0.717, 1.165) is 42.8 Å². The standard InChI is InChI=1S/C35H48N8O6/c1-34(2,3)48-32(44)42(7)15-9-8-12-29-38-20-24(40-29)22(36)18-28-30(37)47-27-17-21(13-14-26(27)46-28)23-19-39-31(41-23)25-11-10-16-43(25)33(45)49-35(4,5)6/h13-14,17-20,25H,8-12,15-16,36-37H2,1-7H3,(H,38,40)(H,39,41)/b22-18-. The molecule has 0 radical (unpaired) electrons. The molecule has 0 bridgehead atoms. The van der Waals surface area contributed by atoms with Crippen molar-refractivity contribution in [3.63, 3.8) is 0 Å². The number of carbonyl (C=O) groups is 2. The number of nitrogens with zero attached hydrogens (tertiary/aromatic N) is 4. The van der Waals surface area contributed by atoms with Crippen molar-refractivity contribution in [3.05, 3.63) is 65.7 Å². The molecule has 14 nitrogen and oxygen atoms in total. The van der Waals surface area contributed by atoms with Crippen molar-refractivity contribution < 1.29 is 28.5 Å². The van der Waals surface area contributed by atoms with Crippen LogP contribution >= 0.6 is 0 Å². The number of aromatic amines is 2. The third kappa shape index (κ3) is 9.06. The Morgan fingerprint density at radius 3 is 2.53 bits per heavy atom. The zero-order valence-corrected chi connectivity index (χ0v) is 29.4. The summed E-state index contributed by atoms with van der Waals surface area (Å²) in [6, 6.07) is 5.30. The Hall–Kier alpha value is -5.14. The van der Waals surface area contributed by atoms with Crippen LogP contribution in [-0.2, 0) is 15.9 Å². The van der Waals surface area contributed by atoms with Crippen molar-refractivity contribution in [2.45, 2.75) is 90.9 Å². The number of unbranched alkanes of at least 4 members (excludes halogenated alkanes) is 1. The minimum absolute atomic E-state index is 0.0608. The molecule has 2 aliphatic rings. The van der Waals surface area contributed by atoms with E-state index >= 15 is 0 Å². The number of fused-ring (bicyclic) bond motifs is 1. The van der Waals surface area contributed by atoms with Crippen LogP contribution in [0.5, 0.6) is 11.5 Å². The van der Waals surface area contributed by atoms with Gasteiger partial charge in [-0.25, -0.2) is 19.6 Å². The van der Waals surface area contributed by atoms with Crippen LogP contribution in [0.4, 0.5) is 9.59 Å². The third-order valence-electron chi connectivity index (χ3n) is 7.82.